The molecule has 0 atom stereocenters. The molecule has 1 aromatic carbocycles. The predicted molar refractivity (Wildman–Crippen MR) is 93.5 cm³/mol. The quantitative estimate of drug-likeness (QED) is 0.563. The van der Waals surface area contributed by atoms with E-state index in [2.05, 4.69) is 21.5 Å². The number of nitrogens with one attached hydrogen (secondary N) is 3. The summed E-state index contributed by atoms with van der Waals surface area (Å²) in [5, 5.41) is 15.2. The molecule has 116 valence electrons. The van der Waals surface area contributed by atoms with Gasteiger partial charge in [0.05, 0.1) is 0 Å². The van der Waals surface area contributed by atoms with Gasteiger partial charge in [-0.1, -0.05) is 24.3 Å². The van der Waals surface area contributed by atoms with Gasteiger partial charge in [-0.3, -0.25) is 4.79 Å². The van der Waals surface area contributed by atoms with Crippen LogP contribution in [0.25, 0.3) is 5.57 Å². The summed E-state index contributed by atoms with van der Waals surface area (Å²) in [7, 11) is 1.79. The van der Waals surface area contributed by atoms with Crippen molar-refractivity contribution in [2.45, 2.75) is 6.54 Å². The fourth-order valence-electron chi connectivity index (χ4n) is 1.90. The molecular formula is C17H16N4OS. The van der Waals surface area contributed by atoms with Gasteiger partial charge in [-0.05, 0) is 17.0 Å². The lowest BCUT2D eigenvalue weighted by Crippen LogP contribution is -2.23. The van der Waals surface area contributed by atoms with Gasteiger partial charge in [0.2, 0.25) is 0 Å². The number of thiazole rings is 1. The van der Waals surface area contributed by atoms with Crippen LogP contribution in [0.4, 0.5) is 0 Å². The summed E-state index contributed by atoms with van der Waals surface area (Å²) in [5.41, 5.74) is 3.01. The van der Waals surface area contributed by atoms with Crippen LogP contribution in [0.5, 0.6) is 0 Å². The smallest absolute Gasteiger partial charge is 0.271 e. The van der Waals surface area contributed by atoms with Crippen molar-refractivity contribution in [2.24, 2.45) is 0 Å². The molecule has 1 aromatic heterocycles. The van der Waals surface area contributed by atoms with Crippen LogP contribution in [0.3, 0.4) is 0 Å². The lowest BCUT2D eigenvalue weighted by molar-refractivity contribution is 0.0946. The van der Waals surface area contributed by atoms with Crippen molar-refractivity contribution in [1.82, 2.24) is 15.6 Å². The molecule has 1 heterocycles. The molecule has 1 amide bonds. The molecule has 0 saturated carbocycles. The summed E-state index contributed by atoms with van der Waals surface area (Å²) in [6.45, 7) is 0.400. The molecule has 0 unspecified atom stereocenters. The molecule has 6 heteroatoms. The molecule has 0 radical (unpaired) electrons. The Labute approximate surface area is 139 Å². The first kappa shape index (κ1) is 16.5. The van der Waals surface area contributed by atoms with Gasteiger partial charge in [0.25, 0.3) is 5.91 Å². The average Bonchev–Trinajstić information content (AvgIpc) is 3.07. The van der Waals surface area contributed by atoms with Gasteiger partial charge in [-0.15, -0.1) is 17.8 Å². The molecule has 23 heavy (non-hydrogen) atoms. The van der Waals surface area contributed by atoms with E-state index in [1.54, 1.807) is 18.6 Å². The summed E-state index contributed by atoms with van der Waals surface area (Å²) < 4.78 is 0. The first-order valence-electron chi connectivity index (χ1n) is 6.85. The number of carbonyl (C=O) groups is 1. The van der Waals surface area contributed by atoms with Crippen molar-refractivity contribution in [3.05, 3.63) is 57.7 Å². The molecule has 0 bridgehead atoms. The molecule has 0 saturated heterocycles. The van der Waals surface area contributed by atoms with Crippen molar-refractivity contribution in [3.63, 3.8) is 0 Å². The normalized spacial score (nSPS) is 10.7. The van der Waals surface area contributed by atoms with Crippen LogP contribution in [0.1, 0.15) is 26.6 Å². The maximum absolute atomic E-state index is 12.0. The van der Waals surface area contributed by atoms with E-state index in [0.29, 0.717) is 17.2 Å². The fourth-order valence-corrected chi connectivity index (χ4v) is 2.50. The number of benzene rings is 1. The Morgan fingerprint density at radius 1 is 1.43 bits per heavy atom. The number of nitrogens with zero attached hydrogens (tertiary/aromatic N) is 1. The first-order chi connectivity index (χ1) is 11.2. The topological polar surface area (TPSA) is 77.9 Å². The molecule has 2 aromatic rings. The lowest BCUT2D eigenvalue weighted by Gasteiger charge is -2.06. The van der Waals surface area contributed by atoms with Crippen molar-refractivity contribution in [3.8, 4) is 12.3 Å². The largest absolute Gasteiger partial charge is 0.393 e. The maximum atomic E-state index is 12.0. The first-order valence-corrected chi connectivity index (χ1v) is 7.73. The van der Waals surface area contributed by atoms with Crippen molar-refractivity contribution in [1.29, 1.82) is 5.41 Å². The molecule has 0 aliphatic carbocycles. The third kappa shape index (κ3) is 4.28. The zero-order chi connectivity index (χ0) is 16.7. The van der Waals surface area contributed by atoms with Crippen LogP contribution < -0.4 is 10.6 Å². The Hall–Kier alpha value is -2.91. The Kier molecular flexibility index (Phi) is 5.67. The van der Waals surface area contributed by atoms with Crippen LogP contribution in [-0.4, -0.2) is 24.2 Å². The van der Waals surface area contributed by atoms with E-state index in [1.165, 1.54) is 17.6 Å². The number of allylic oxidation sites excluding steroid dienone is 1. The second kappa shape index (κ2) is 7.92. The van der Waals surface area contributed by atoms with Gasteiger partial charge in [0, 0.05) is 37.0 Å². The Balaban J connectivity index is 1.99. The highest BCUT2D eigenvalue weighted by Crippen LogP contribution is 2.13. The number of hydrogen-bond acceptors (Lipinski definition) is 5. The van der Waals surface area contributed by atoms with E-state index in [0.717, 1.165) is 16.7 Å². The number of rotatable bonds is 6. The van der Waals surface area contributed by atoms with E-state index in [4.69, 9.17) is 11.8 Å². The average molecular weight is 324 g/mol. The van der Waals surface area contributed by atoms with Crippen molar-refractivity contribution >= 4 is 29.0 Å². The second-order valence-electron chi connectivity index (χ2n) is 4.59. The van der Waals surface area contributed by atoms with Crippen LogP contribution >= 0.6 is 11.3 Å². The maximum Gasteiger partial charge on any atom is 0.271 e. The van der Waals surface area contributed by atoms with Crippen molar-refractivity contribution in [2.75, 3.05) is 7.05 Å². The standard InChI is InChI=1S/C17H16N4OS/c1-3-16-21-15(11-23-16)17(22)20-9-12-4-6-13(7-5-12)14(8-18)10-19-2/h1,4-8,10-11,18-19H,9H2,2H3,(H,20,22)/b14-10+,18-8?. The summed E-state index contributed by atoms with van der Waals surface area (Å²) in [6, 6.07) is 7.65. The highest BCUT2D eigenvalue weighted by atomic mass is 32.1. The summed E-state index contributed by atoms with van der Waals surface area (Å²) in [5.74, 6) is 2.16. The van der Waals surface area contributed by atoms with Gasteiger partial charge >= 0.3 is 0 Å². The third-order valence-electron chi connectivity index (χ3n) is 3.06. The number of amides is 1. The fraction of sp³-hybridized carbons (Fsp3) is 0.118. The molecule has 0 spiro atoms. The molecule has 0 fully saturated rings. The number of carbonyl (C=O) groups excluding carboxylic acids is 1. The predicted octanol–water partition coefficient (Wildman–Crippen LogP) is 2.26. The molecule has 0 aliphatic heterocycles. The molecular weight excluding hydrogens is 308 g/mol. The lowest BCUT2D eigenvalue weighted by atomic mass is 10.1. The minimum Gasteiger partial charge on any atom is -0.393 e. The minimum atomic E-state index is -0.248. The van der Waals surface area contributed by atoms with E-state index in [9.17, 15) is 4.79 Å². The highest BCUT2D eigenvalue weighted by molar-refractivity contribution is 7.10. The molecule has 3 N–H and O–H groups in total. The number of aromatic nitrogens is 1. The van der Waals surface area contributed by atoms with Gasteiger partial charge < -0.3 is 16.0 Å². The van der Waals surface area contributed by atoms with Crippen LogP contribution in [0, 0.1) is 17.8 Å². The van der Waals surface area contributed by atoms with Gasteiger partial charge in [-0.25, -0.2) is 4.98 Å². The Morgan fingerprint density at radius 2 is 2.17 bits per heavy atom. The molecule has 2 rings (SSSR count). The zero-order valence-corrected chi connectivity index (χ0v) is 13.4. The molecule has 5 nitrogen and oxygen atoms in total. The minimum absolute atomic E-state index is 0.248. The van der Waals surface area contributed by atoms with E-state index in [1.807, 2.05) is 24.3 Å². The summed E-state index contributed by atoms with van der Waals surface area (Å²) in [4.78, 5) is 16.0. The van der Waals surface area contributed by atoms with Gasteiger partial charge in [0.1, 0.15) is 5.69 Å². The monoisotopic (exact) mass is 324 g/mol. The highest BCUT2D eigenvalue weighted by Gasteiger charge is 2.09. The van der Waals surface area contributed by atoms with Crippen LogP contribution in [0.2, 0.25) is 0 Å². The van der Waals surface area contributed by atoms with Gasteiger partial charge in [-0.2, -0.15) is 0 Å². The SMILES string of the molecule is C#Cc1nc(C(=O)NCc2ccc(/C(C=N)=C/NC)cc2)cs1. The Morgan fingerprint density at radius 3 is 2.74 bits per heavy atom. The van der Waals surface area contributed by atoms with E-state index >= 15 is 0 Å². The van der Waals surface area contributed by atoms with E-state index < -0.39 is 0 Å². The van der Waals surface area contributed by atoms with Crippen molar-refractivity contribution < 1.29 is 4.79 Å². The van der Waals surface area contributed by atoms with E-state index in [-0.39, 0.29) is 5.91 Å². The second-order valence-corrected chi connectivity index (χ2v) is 5.45. The van der Waals surface area contributed by atoms with Gasteiger partial charge in [0.15, 0.2) is 5.01 Å². The third-order valence-corrected chi connectivity index (χ3v) is 3.83. The zero-order valence-electron chi connectivity index (χ0n) is 12.6. The Bertz CT molecular complexity index is 769. The number of terminal acetylenes is 1. The van der Waals surface area contributed by atoms with Crippen LogP contribution in [0.15, 0.2) is 35.8 Å². The summed E-state index contributed by atoms with van der Waals surface area (Å²) >= 11 is 1.27. The molecule has 0 aliphatic rings. The van der Waals surface area contributed by atoms with Crippen LogP contribution in [-0.2, 0) is 6.54 Å². The number of hydrogen-bond donors (Lipinski definition) is 3. The summed E-state index contributed by atoms with van der Waals surface area (Å²) in [6.07, 6.45) is 8.29.